The van der Waals surface area contributed by atoms with Gasteiger partial charge in [-0.25, -0.2) is 4.90 Å². The standard InChI is InChI=1S/C20H22N4O2/c1-3-23(4-2)18-14-19(25)24(20(18)26)17-12-10-16(11-13-17)22-21-15-8-6-5-7-9-15/h5-13,18H,3-4,14H2,1-2H3. The Kier molecular flexibility index (Phi) is 5.53. The summed E-state index contributed by atoms with van der Waals surface area (Å²) in [6, 6.07) is 16.1. The fourth-order valence-corrected chi connectivity index (χ4v) is 3.12. The van der Waals surface area contributed by atoms with Crippen LogP contribution in [0.5, 0.6) is 0 Å². The smallest absolute Gasteiger partial charge is 0.251 e. The minimum Gasteiger partial charge on any atom is -0.292 e. The third-order valence-corrected chi connectivity index (χ3v) is 4.52. The molecular weight excluding hydrogens is 328 g/mol. The highest BCUT2D eigenvalue weighted by molar-refractivity contribution is 6.22. The number of rotatable bonds is 6. The van der Waals surface area contributed by atoms with Crippen molar-refractivity contribution in [1.29, 1.82) is 0 Å². The first-order valence-electron chi connectivity index (χ1n) is 8.81. The van der Waals surface area contributed by atoms with E-state index in [-0.39, 0.29) is 24.3 Å². The van der Waals surface area contributed by atoms with E-state index in [0.29, 0.717) is 11.4 Å². The van der Waals surface area contributed by atoms with Crippen LogP contribution in [0.2, 0.25) is 0 Å². The maximum Gasteiger partial charge on any atom is 0.251 e. The highest BCUT2D eigenvalue weighted by Gasteiger charge is 2.41. The third-order valence-electron chi connectivity index (χ3n) is 4.52. The van der Waals surface area contributed by atoms with Gasteiger partial charge in [0.05, 0.1) is 29.5 Å². The first-order valence-corrected chi connectivity index (χ1v) is 8.81. The predicted molar refractivity (Wildman–Crippen MR) is 101 cm³/mol. The van der Waals surface area contributed by atoms with Gasteiger partial charge in [0.1, 0.15) is 0 Å². The molecule has 1 atom stereocenters. The molecule has 0 spiro atoms. The van der Waals surface area contributed by atoms with Gasteiger partial charge in [0.25, 0.3) is 5.91 Å². The zero-order valence-corrected chi connectivity index (χ0v) is 15.0. The Bertz CT molecular complexity index is 798. The fraction of sp³-hybridized carbons (Fsp3) is 0.300. The number of anilines is 1. The molecule has 2 aromatic carbocycles. The van der Waals surface area contributed by atoms with Crippen LogP contribution in [0.3, 0.4) is 0 Å². The number of carbonyl (C=O) groups is 2. The molecule has 1 saturated heterocycles. The second kappa shape index (κ2) is 8.01. The Hall–Kier alpha value is -2.86. The molecule has 0 radical (unpaired) electrons. The maximum atomic E-state index is 12.7. The van der Waals surface area contributed by atoms with Crippen LogP contribution in [0, 0.1) is 0 Å². The van der Waals surface area contributed by atoms with Gasteiger partial charge in [0, 0.05) is 0 Å². The molecule has 2 aromatic rings. The van der Waals surface area contributed by atoms with Crippen molar-refractivity contribution in [2.45, 2.75) is 26.3 Å². The lowest BCUT2D eigenvalue weighted by atomic mass is 10.2. The van der Waals surface area contributed by atoms with E-state index in [9.17, 15) is 9.59 Å². The molecule has 6 nitrogen and oxygen atoms in total. The lowest BCUT2D eigenvalue weighted by molar-refractivity contribution is -0.122. The highest BCUT2D eigenvalue weighted by Crippen LogP contribution is 2.28. The number of amides is 2. The van der Waals surface area contributed by atoms with Crippen molar-refractivity contribution in [3.05, 3.63) is 54.6 Å². The van der Waals surface area contributed by atoms with E-state index in [4.69, 9.17) is 0 Å². The molecule has 1 heterocycles. The Morgan fingerprint density at radius 2 is 1.50 bits per heavy atom. The van der Waals surface area contributed by atoms with E-state index in [0.717, 1.165) is 18.8 Å². The van der Waals surface area contributed by atoms with Crippen molar-refractivity contribution in [2.24, 2.45) is 10.2 Å². The van der Waals surface area contributed by atoms with Crippen molar-refractivity contribution in [1.82, 2.24) is 4.90 Å². The normalized spacial score (nSPS) is 17.7. The first kappa shape index (κ1) is 17.9. The summed E-state index contributed by atoms with van der Waals surface area (Å²) in [5, 5.41) is 8.34. The van der Waals surface area contributed by atoms with Gasteiger partial charge in [-0.05, 0) is 49.5 Å². The molecule has 0 aromatic heterocycles. The fourth-order valence-electron chi connectivity index (χ4n) is 3.12. The minimum absolute atomic E-state index is 0.155. The minimum atomic E-state index is -0.366. The van der Waals surface area contributed by atoms with Gasteiger partial charge in [0.2, 0.25) is 5.91 Å². The maximum absolute atomic E-state index is 12.7. The molecule has 1 aliphatic heterocycles. The van der Waals surface area contributed by atoms with Crippen molar-refractivity contribution < 1.29 is 9.59 Å². The van der Waals surface area contributed by atoms with Crippen LogP contribution in [0.15, 0.2) is 64.8 Å². The molecule has 6 heteroatoms. The molecule has 26 heavy (non-hydrogen) atoms. The van der Waals surface area contributed by atoms with E-state index in [1.165, 1.54) is 4.90 Å². The van der Waals surface area contributed by atoms with Gasteiger partial charge in [0.15, 0.2) is 0 Å². The Morgan fingerprint density at radius 3 is 2.08 bits per heavy atom. The number of hydrogen-bond acceptors (Lipinski definition) is 5. The third kappa shape index (κ3) is 3.70. The van der Waals surface area contributed by atoms with E-state index in [2.05, 4.69) is 10.2 Å². The van der Waals surface area contributed by atoms with Crippen molar-refractivity contribution in [3.8, 4) is 0 Å². The van der Waals surface area contributed by atoms with Crippen LogP contribution in [0.25, 0.3) is 0 Å². The Morgan fingerprint density at radius 1 is 0.923 bits per heavy atom. The summed E-state index contributed by atoms with van der Waals surface area (Å²) in [5.74, 6) is -0.317. The molecule has 0 bridgehead atoms. The molecule has 3 rings (SSSR count). The molecule has 134 valence electrons. The van der Waals surface area contributed by atoms with Crippen LogP contribution in [0.4, 0.5) is 17.1 Å². The molecular formula is C20H22N4O2. The van der Waals surface area contributed by atoms with Gasteiger partial charge >= 0.3 is 0 Å². The summed E-state index contributed by atoms with van der Waals surface area (Å²) < 4.78 is 0. The van der Waals surface area contributed by atoms with Crippen LogP contribution in [-0.2, 0) is 9.59 Å². The molecule has 0 N–H and O–H groups in total. The van der Waals surface area contributed by atoms with E-state index < -0.39 is 0 Å². The number of azo groups is 1. The van der Waals surface area contributed by atoms with Crippen LogP contribution < -0.4 is 4.90 Å². The summed E-state index contributed by atoms with van der Waals surface area (Å²) >= 11 is 0. The summed E-state index contributed by atoms with van der Waals surface area (Å²) in [5.41, 5.74) is 2.01. The Labute approximate surface area is 153 Å². The molecule has 1 aliphatic rings. The zero-order valence-electron chi connectivity index (χ0n) is 15.0. The van der Waals surface area contributed by atoms with E-state index in [1.807, 2.05) is 49.1 Å². The molecule has 0 saturated carbocycles. The van der Waals surface area contributed by atoms with Gasteiger partial charge < -0.3 is 0 Å². The van der Waals surface area contributed by atoms with Crippen molar-refractivity contribution >= 4 is 28.9 Å². The second-order valence-corrected chi connectivity index (χ2v) is 6.06. The zero-order chi connectivity index (χ0) is 18.5. The van der Waals surface area contributed by atoms with E-state index in [1.54, 1.807) is 24.3 Å². The summed E-state index contributed by atoms with van der Waals surface area (Å²) in [7, 11) is 0. The van der Waals surface area contributed by atoms with Crippen LogP contribution in [0.1, 0.15) is 20.3 Å². The monoisotopic (exact) mass is 350 g/mol. The van der Waals surface area contributed by atoms with Crippen LogP contribution in [-0.4, -0.2) is 35.8 Å². The van der Waals surface area contributed by atoms with Gasteiger partial charge in [-0.1, -0.05) is 32.0 Å². The predicted octanol–water partition coefficient (Wildman–Crippen LogP) is 4.08. The molecule has 2 amide bonds. The lowest BCUT2D eigenvalue weighted by Crippen LogP contribution is -2.41. The quantitative estimate of drug-likeness (QED) is 0.582. The SMILES string of the molecule is CCN(CC)C1CC(=O)N(c2ccc(N=Nc3ccccc3)cc2)C1=O. The first-order chi connectivity index (χ1) is 12.6. The Balaban J connectivity index is 1.75. The summed E-state index contributed by atoms with van der Waals surface area (Å²) in [4.78, 5) is 28.4. The van der Waals surface area contributed by atoms with Crippen molar-refractivity contribution in [3.63, 3.8) is 0 Å². The number of likely N-dealkylation sites (N-methyl/N-ethyl adjacent to an activating group) is 1. The molecule has 0 aliphatic carbocycles. The van der Waals surface area contributed by atoms with Gasteiger partial charge in [-0.15, -0.1) is 0 Å². The average molecular weight is 350 g/mol. The second-order valence-electron chi connectivity index (χ2n) is 6.06. The molecule has 1 fully saturated rings. The largest absolute Gasteiger partial charge is 0.292 e. The number of hydrogen-bond donors (Lipinski definition) is 0. The van der Waals surface area contributed by atoms with E-state index >= 15 is 0 Å². The number of carbonyl (C=O) groups excluding carboxylic acids is 2. The number of imide groups is 1. The van der Waals surface area contributed by atoms with Gasteiger partial charge in [-0.2, -0.15) is 10.2 Å². The topological polar surface area (TPSA) is 65.3 Å². The molecule has 1 unspecified atom stereocenters. The number of benzene rings is 2. The summed E-state index contributed by atoms with van der Waals surface area (Å²) in [6.45, 7) is 5.48. The average Bonchev–Trinajstić information content (AvgIpc) is 2.97. The van der Waals surface area contributed by atoms with Gasteiger partial charge in [-0.3, -0.25) is 14.5 Å². The lowest BCUT2D eigenvalue weighted by Gasteiger charge is -2.24. The van der Waals surface area contributed by atoms with Crippen molar-refractivity contribution in [2.75, 3.05) is 18.0 Å². The summed E-state index contributed by atoms with van der Waals surface area (Å²) in [6.07, 6.45) is 0.232. The number of nitrogens with zero attached hydrogens (tertiary/aromatic N) is 4. The highest BCUT2D eigenvalue weighted by atomic mass is 16.2. The van der Waals surface area contributed by atoms with Crippen LogP contribution >= 0.6 is 0 Å².